The maximum Gasteiger partial charge on any atom is 0.161 e. The summed E-state index contributed by atoms with van der Waals surface area (Å²) in [5, 5.41) is 11.5. The van der Waals surface area contributed by atoms with Crippen LogP contribution in [-0.2, 0) is 21.1 Å². The molecule has 1 unspecified atom stereocenters. The Balaban J connectivity index is 0.000000155. The van der Waals surface area contributed by atoms with Crippen molar-refractivity contribution in [3.63, 3.8) is 0 Å². The zero-order chi connectivity index (χ0) is 42.1. The number of hydrogen-bond donors (Lipinski definition) is 0. The van der Waals surface area contributed by atoms with Crippen LogP contribution in [0.2, 0.25) is 0 Å². The van der Waals surface area contributed by atoms with Gasteiger partial charge in [-0.3, -0.25) is 0 Å². The summed E-state index contributed by atoms with van der Waals surface area (Å²) in [6.07, 6.45) is 0. The number of benzene rings is 9. The largest absolute Gasteiger partial charge is 0.161 e. The first-order chi connectivity index (χ1) is 30.0. The molecule has 4 heteroatoms. The van der Waals surface area contributed by atoms with Crippen LogP contribution in [0.5, 0.6) is 0 Å². The minimum atomic E-state index is -0.877. The van der Waals surface area contributed by atoms with Gasteiger partial charge in [-0.15, -0.1) is 0 Å². The van der Waals surface area contributed by atoms with E-state index in [0.717, 1.165) is 0 Å². The topological polar surface area (TPSA) is 0 Å². The van der Waals surface area contributed by atoms with Gasteiger partial charge in [0.05, 0.1) is 15.8 Å². The van der Waals surface area contributed by atoms with Gasteiger partial charge >= 0.3 is 0 Å². The van der Waals surface area contributed by atoms with Crippen molar-refractivity contribution in [2.24, 2.45) is 0 Å². The Bertz CT molecular complexity index is 2310. The molecule has 0 radical (unpaired) electrons. The van der Waals surface area contributed by atoms with Crippen molar-refractivity contribution in [3.8, 4) is 0 Å². The molecule has 0 spiro atoms. The van der Waals surface area contributed by atoms with Gasteiger partial charge in [0.2, 0.25) is 0 Å². The zero-order valence-electron chi connectivity index (χ0n) is 35.6. The van der Waals surface area contributed by atoms with Crippen molar-refractivity contribution in [3.05, 3.63) is 283 Å². The summed E-state index contributed by atoms with van der Waals surface area (Å²) in [6, 6.07) is 91.1. The van der Waals surface area contributed by atoms with Crippen LogP contribution in [0.4, 0.5) is 0 Å². The molecule has 308 valence electrons. The standard InChI is InChI=1S/C22H21P.2C18H15P.Pt/c1-16-14-17(2)21(18(3)15-16)23-22(19-10-6-4-7-11-19)20-12-8-5-9-13-20;2*1-4-10-16(11-5-1)19(17-12-6-2-7-13-17)18-14-8-3-9-15-18;/h4-15H,1-3H3;2*1-15H;/p+3. The molecule has 9 aromatic rings. The van der Waals surface area contributed by atoms with Crippen molar-refractivity contribution in [2.75, 3.05) is 0 Å². The Labute approximate surface area is 388 Å². The van der Waals surface area contributed by atoms with Crippen molar-refractivity contribution in [2.45, 2.75) is 20.8 Å². The fourth-order valence-corrected chi connectivity index (χ4v) is 14.2. The fraction of sp³-hybridized carbons (Fsp3) is 0.0517. The second-order valence-corrected chi connectivity index (χ2v) is 21.2. The van der Waals surface area contributed by atoms with Crippen LogP contribution in [-0.4, -0.2) is 5.29 Å². The van der Waals surface area contributed by atoms with E-state index >= 15 is 0 Å². The van der Waals surface area contributed by atoms with E-state index in [0.29, 0.717) is 8.20 Å². The van der Waals surface area contributed by atoms with Crippen LogP contribution in [0.3, 0.4) is 0 Å². The van der Waals surface area contributed by atoms with Gasteiger partial charge < -0.3 is 0 Å². The summed E-state index contributed by atoms with van der Waals surface area (Å²) < 4.78 is 0. The first kappa shape index (κ1) is 46.2. The van der Waals surface area contributed by atoms with Gasteiger partial charge in [-0.05, 0) is 105 Å². The third kappa shape index (κ3) is 12.9. The van der Waals surface area contributed by atoms with Crippen molar-refractivity contribution >= 4 is 66.5 Å². The Kier molecular flexibility index (Phi) is 18.2. The molecule has 0 saturated heterocycles. The van der Waals surface area contributed by atoms with E-state index in [1.54, 1.807) is 0 Å². The number of hydrogen-bond acceptors (Lipinski definition) is 0. The monoisotopic (exact) mass is 1040 g/mol. The molecule has 0 saturated carbocycles. The summed E-state index contributed by atoms with van der Waals surface area (Å²) in [5.41, 5.74) is 6.76. The molecule has 0 amide bonds. The number of aryl methyl sites for hydroxylation is 3. The first-order valence-corrected chi connectivity index (χ1v) is 24.9. The summed E-state index contributed by atoms with van der Waals surface area (Å²) in [7, 11) is -1.09. The number of rotatable bonds is 9. The van der Waals surface area contributed by atoms with Crippen LogP contribution < -0.4 is 37.1 Å². The Morgan fingerprint density at radius 2 is 0.516 bits per heavy atom. The van der Waals surface area contributed by atoms with E-state index in [1.165, 1.54) is 70.2 Å². The van der Waals surface area contributed by atoms with E-state index in [4.69, 9.17) is 0 Å². The minimum absolute atomic E-state index is 0. The van der Waals surface area contributed by atoms with Gasteiger partial charge in [0.1, 0.15) is 40.0 Å². The Morgan fingerprint density at radius 3 is 0.742 bits per heavy atom. The quantitative estimate of drug-likeness (QED) is 0.126. The zero-order valence-corrected chi connectivity index (χ0v) is 40.8. The molecule has 0 aliphatic heterocycles. The van der Waals surface area contributed by atoms with E-state index in [-0.39, 0.29) is 21.1 Å². The van der Waals surface area contributed by atoms with E-state index < -0.39 is 15.8 Å². The predicted octanol–water partition coefficient (Wildman–Crippen LogP) is 11.5. The summed E-state index contributed by atoms with van der Waals surface area (Å²) in [5.74, 6) is 0. The second-order valence-electron chi connectivity index (χ2n) is 15.0. The molecule has 0 bridgehead atoms. The first-order valence-electron chi connectivity index (χ1n) is 20.9. The van der Waals surface area contributed by atoms with Crippen molar-refractivity contribution < 1.29 is 21.1 Å². The van der Waals surface area contributed by atoms with Gasteiger partial charge in [-0.2, -0.15) is 0 Å². The van der Waals surface area contributed by atoms with Crippen molar-refractivity contribution in [1.82, 2.24) is 0 Å². The van der Waals surface area contributed by atoms with Crippen LogP contribution in [0.1, 0.15) is 27.8 Å². The summed E-state index contributed by atoms with van der Waals surface area (Å²) >= 11 is 0. The van der Waals surface area contributed by atoms with E-state index in [2.05, 4.69) is 276 Å². The Morgan fingerprint density at radius 1 is 0.306 bits per heavy atom. The molecule has 0 fully saturated rings. The average molecular weight is 1040 g/mol. The van der Waals surface area contributed by atoms with E-state index in [9.17, 15) is 0 Å². The minimum Gasteiger partial charge on any atom is -0.0622 e. The SMILES string of the molecule is Cc1cc(C)c([PH+]=C(c2ccccc2)c2ccccc2)c(C)c1.[Pt].c1ccc([PH+](c2ccccc2)c2ccccc2)cc1.c1ccc([PH+](c2ccccc2)c2ccccc2)cc1. The van der Waals surface area contributed by atoms with Gasteiger partial charge in [-0.1, -0.05) is 188 Å². The van der Waals surface area contributed by atoms with Gasteiger partial charge in [0, 0.05) is 32.2 Å². The molecule has 9 rings (SSSR count). The molecule has 1 atom stereocenters. The van der Waals surface area contributed by atoms with Crippen molar-refractivity contribution in [1.29, 1.82) is 0 Å². The summed E-state index contributed by atoms with van der Waals surface area (Å²) in [4.78, 5) is 0. The van der Waals surface area contributed by atoms with Crippen LogP contribution in [0.15, 0.2) is 255 Å². The van der Waals surface area contributed by atoms with Crippen LogP contribution >= 0.6 is 24.0 Å². The molecule has 0 heterocycles. The molecule has 0 aromatic heterocycles. The van der Waals surface area contributed by atoms with Gasteiger partial charge in [-0.25, -0.2) is 0 Å². The smallest absolute Gasteiger partial charge is 0.0622 e. The maximum absolute atomic E-state index is 2.29. The molecule has 0 N–H and O–H groups in total. The molecule has 9 aromatic carbocycles. The average Bonchev–Trinajstić information content (AvgIpc) is 3.32. The molecule has 0 aliphatic rings. The predicted molar refractivity (Wildman–Crippen MR) is 278 cm³/mol. The molecular formula is C58H54P3Pt+3. The third-order valence-corrected chi connectivity index (χ3v) is 17.8. The second kappa shape index (κ2) is 24.4. The molecule has 0 aliphatic carbocycles. The van der Waals surface area contributed by atoms with Crippen LogP contribution in [0, 0.1) is 20.8 Å². The molecule has 62 heavy (non-hydrogen) atoms. The summed E-state index contributed by atoms with van der Waals surface area (Å²) in [6.45, 7) is 6.64. The third-order valence-electron chi connectivity index (χ3n) is 10.4. The molecular weight excluding hydrogens is 985 g/mol. The van der Waals surface area contributed by atoms with Gasteiger partial charge in [0.25, 0.3) is 0 Å². The molecule has 0 nitrogen and oxygen atoms in total. The van der Waals surface area contributed by atoms with Gasteiger partial charge in [0.15, 0.2) is 10.6 Å². The normalized spacial score (nSPS) is 10.5. The van der Waals surface area contributed by atoms with E-state index in [1.807, 2.05) is 0 Å². The maximum atomic E-state index is 2.29. The Hall–Kier alpha value is -5.30. The van der Waals surface area contributed by atoms with Crippen LogP contribution in [0.25, 0.3) is 0 Å². The fourth-order valence-electron chi connectivity index (χ4n) is 7.65.